The zero-order chi connectivity index (χ0) is 20.9. The first-order valence-corrected chi connectivity index (χ1v) is 9.03. The highest BCUT2D eigenvalue weighted by Gasteiger charge is 2.34. The number of fused-ring (bicyclic) bond motifs is 1. The fourth-order valence-electron chi connectivity index (χ4n) is 3.36. The van der Waals surface area contributed by atoms with E-state index in [2.05, 4.69) is 20.3 Å². The lowest BCUT2D eigenvalue weighted by molar-refractivity contribution is 0.283. The number of allylic oxidation sites excluding steroid dienone is 1. The molecule has 2 unspecified atom stereocenters. The van der Waals surface area contributed by atoms with Gasteiger partial charge in [0.2, 0.25) is 11.8 Å². The molecule has 3 aromatic rings. The van der Waals surface area contributed by atoms with Crippen LogP contribution in [0.4, 0.5) is 30.5 Å². The molecule has 2 heterocycles. The average Bonchev–Trinajstić information content (AvgIpc) is 3.01. The predicted octanol–water partition coefficient (Wildman–Crippen LogP) is 4.51. The van der Waals surface area contributed by atoms with Crippen LogP contribution in [0.1, 0.15) is 35.6 Å². The van der Waals surface area contributed by atoms with Gasteiger partial charge >= 0.3 is 0 Å². The van der Waals surface area contributed by atoms with Gasteiger partial charge in [-0.3, -0.25) is 4.57 Å². The topological polar surface area (TPSA) is 81.7 Å². The summed E-state index contributed by atoms with van der Waals surface area (Å²) in [6.45, 7) is 5.14. The number of halogens is 3. The zero-order valence-corrected chi connectivity index (χ0v) is 16.0. The molecule has 1 aliphatic rings. The third-order valence-electron chi connectivity index (χ3n) is 4.90. The van der Waals surface area contributed by atoms with Gasteiger partial charge in [-0.25, -0.2) is 13.8 Å². The van der Waals surface area contributed by atoms with E-state index in [4.69, 9.17) is 5.73 Å². The van der Waals surface area contributed by atoms with Gasteiger partial charge in [-0.1, -0.05) is 24.6 Å². The molecule has 0 aliphatic heterocycles. The van der Waals surface area contributed by atoms with Crippen LogP contribution >= 0.6 is 0 Å². The second-order valence-corrected chi connectivity index (χ2v) is 7.05. The Bertz CT molecular complexity index is 1120. The van der Waals surface area contributed by atoms with Gasteiger partial charge in [-0.2, -0.15) is 14.4 Å². The second-order valence-electron chi connectivity index (χ2n) is 7.05. The van der Waals surface area contributed by atoms with Gasteiger partial charge in [-0.15, -0.1) is 0 Å². The maximum absolute atomic E-state index is 14.6. The van der Waals surface area contributed by atoms with Gasteiger partial charge in [0.25, 0.3) is 0 Å². The molecule has 0 amide bonds. The van der Waals surface area contributed by atoms with Gasteiger partial charge in [0.1, 0.15) is 11.7 Å². The Kier molecular flexibility index (Phi) is 4.52. The minimum atomic E-state index is -1.81. The molecular formula is C20H19F3N6. The second kappa shape index (κ2) is 6.91. The monoisotopic (exact) mass is 400 g/mol. The number of aromatic nitrogens is 4. The van der Waals surface area contributed by atoms with Crippen molar-refractivity contribution in [2.75, 3.05) is 11.1 Å². The Morgan fingerprint density at radius 3 is 2.45 bits per heavy atom. The summed E-state index contributed by atoms with van der Waals surface area (Å²) >= 11 is 0. The Morgan fingerprint density at radius 2 is 1.76 bits per heavy atom. The van der Waals surface area contributed by atoms with Crippen molar-refractivity contribution in [1.82, 2.24) is 19.5 Å². The van der Waals surface area contributed by atoms with Gasteiger partial charge in [0.15, 0.2) is 17.8 Å². The molecule has 29 heavy (non-hydrogen) atoms. The highest BCUT2D eigenvalue weighted by Crippen LogP contribution is 2.38. The van der Waals surface area contributed by atoms with Gasteiger partial charge in [0, 0.05) is 17.7 Å². The van der Waals surface area contributed by atoms with E-state index in [1.54, 1.807) is 26.0 Å². The molecule has 2 aromatic heterocycles. The molecule has 0 saturated heterocycles. The van der Waals surface area contributed by atoms with Crippen LogP contribution in [-0.2, 0) is 0 Å². The molecule has 9 heteroatoms. The van der Waals surface area contributed by atoms with E-state index in [0.717, 1.165) is 11.6 Å². The molecule has 3 N–H and O–H groups in total. The van der Waals surface area contributed by atoms with E-state index in [1.807, 2.05) is 19.1 Å². The van der Waals surface area contributed by atoms with Gasteiger partial charge < -0.3 is 11.1 Å². The van der Waals surface area contributed by atoms with Crippen LogP contribution in [0.3, 0.4) is 0 Å². The van der Waals surface area contributed by atoms with Crippen molar-refractivity contribution in [2.45, 2.75) is 32.9 Å². The van der Waals surface area contributed by atoms with Crippen molar-refractivity contribution in [1.29, 1.82) is 0 Å². The summed E-state index contributed by atoms with van der Waals surface area (Å²) in [5.74, 6) is -2.56. The number of nitrogens with zero attached hydrogens (tertiary/aromatic N) is 4. The van der Waals surface area contributed by atoms with Crippen molar-refractivity contribution in [3.8, 4) is 5.95 Å². The number of nitrogen functional groups attached to an aromatic ring is 1. The lowest BCUT2D eigenvalue weighted by Gasteiger charge is -2.22. The van der Waals surface area contributed by atoms with Crippen molar-refractivity contribution in [3.05, 3.63) is 58.7 Å². The van der Waals surface area contributed by atoms with Crippen LogP contribution < -0.4 is 11.1 Å². The standard InChI is InChI=1S/C20H19F3N6/c1-9-4-6-12(7-5-9)26-19-16(23)18(24)27-20(28-19)29-11(3)25-14-8-13(21)15(22)10(2)17(14)29/h4-8,10,15H,1-3H3,(H3,24,26,27,28). The summed E-state index contributed by atoms with van der Waals surface area (Å²) in [7, 11) is 0. The lowest BCUT2D eigenvalue weighted by atomic mass is 9.94. The molecule has 0 saturated carbocycles. The van der Waals surface area contributed by atoms with Crippen LogP contribution in [0, 0.1) is 19.7 Å². The van der Waals surface area contributed by atoms with E-state index >= 15 is 0 Å². The fourth-order valence-corrected chi connectivity index (χ4v) is 3.36. The number of anilines is 3. The summed E-state index contributed by atoms with van der Waals surface area (Å²) in [5.41, 5.74) is 8.13. The third kappa shape index (κ3) is 3.22. The molecule has 0 spiro atoms. The molecule has 150 valence electrons. The van der Waals surface area contributed by atoms with Crippen LogP contribution in [0.5, 0.6) is 0 Å². The molecule has 4 rings (SSSR count). The van der Waals surface area contributed by atoms with E-state index in [0.29, 0.717) is 22.9 Å². The number of aryl methyl sites for hydroxylation is 2. The predicted molar refractivity (Wildman–Crippen MR) is 105 cm³/mol. The molecule has 1 aromatic carbocycles. The normalized spacial score (nSPS) is 18.3. The van der Waals surface area contributed by atoms with Crippen LogP contribution in [-0.4, -0.2) is 25.7 Å². The summed E-state index contributed by atoms with van der Waals surface area (Å²) in [5, 5.41) is 2.88. The van der Waals surface area contributed by atoms with E-state index < -0.39 is 23.7 Å². The van der Waals surface area contributed by atoms with Crippen LogP contribution in [0.15, 0.2) is 30.1 Å². The number of hydrogen-bond acceptors (Lipinski definition) is 5. The van der Waals surface area contributed by atoms with E-state index in [-0.39, 0.29) is 17.6 Å². The molecule has 0 radical (unpaired) electrons. The van der Waals surface area contributed by atoms with E-state index in [9.17, 15) is 13.2 Å². The van der Waals surface area contributed by atoms with Crippen molar-refractivity contribution >= 4 is 23.4 Å². The number of alkyl halides is 1. The molecule has 0 fully saturated rings. The first kappa shape index (κ1) is 19.0. The van der Waals surface area contributed by atoms with Crippen molar-refractivity contribution < 1.29 is 13.2 Å². The summed E-state index contributed by atoms with van der Waals surface area (Å²) < 4.78 is 44.1. The molecule has 0 bridgehead atoms. The Labute approximate surface area is 165 Å². The zero-order valence-electron chi connectivity index (χ0n) is 16.0. The van der Waals surface area contributed by atoms with E-state index in [1.165, 1.54) is 4.57 Å². The number of nitrogens with two attached hydrogens (primary N) is 1. The maximum atomic E-state index is 14.6. The maximum Gasteiger partial charge on any atom is 0.239 e. The first-order valence-electron chi connectivity index (χ1n) is 9.03. The quantitative estimate of drug-likeness (QED) is 0.676. The van der Waals surface area contributed by atoms with Crippen molar-refractivity contribution in [3.63, 3.8) is 0 Å². The van der Waals surface area contributed by atoms with Gasteiger partial charge in [0.05, 0.1) is 11.4 Å². The molecule has 2 atom stereocenters. The number of benzene rings is 1. The molecule has 6 nitrogen and oxygen atoms in total. The Balaban J connectivity index is 1.83. The van der Waals surface area contributed by atoms with Crippen LogP contribution in [0.25, 0.3) is 12.0 Å². The van der Waals surface area contributed by atoms with Crippen LogP contribution in [0.2, 0.25) is 0 Å². The number of rotatable bonds is 3. The summed E-state index contributed by atoms with van der Waals surface area (Å²) in [6.07, 6.45) is -0.748. The smallest absolute Gasteiger partial charge is 0.239 e. The Hall–Kier alpha value is -3.36. The average molecular weight is 400 g/mol. The fraction of sp³-hybridized carbons (Fsp3) is 0.250. The lowest BCUT2D eigenvalue weighted by Crippen LogP contribution is -2.21. The SMILES string of the molecule is Cc1ccc(Nc2nc(-n3c(C)nc4c3C(C)C(F)C(F)=C4)nc(N)c2F)cc1. The highest BCUT2D eigenvalue weighted by molar-refractivity contribution is 5.62. The highest BCUT2D eigenvalue weighted by atomic mass is 19.2. The molecule has 1 aliphatic carbocycles. The van der Waals surface area contributed by atoms with Gasteiger partial charge in [-0.05, 0) is 26.0 Å². The molecular weight excluding hydrogens is 381 g/mol. The minimum absolute atomic E-state index is 0.0273. The summed E-state index contributed by atoms with van der Waals surface area (Å²) in [4.78, 5) is 12.5. The largest absolute Gasteiger partial charge is 0.381 e. The third-order valence-corrected chi connectivity index (χ3v) is 4.90. The number of hydrogen-bond donors (Lipinski definition) is 2. The Morgan fingerprint density at radius 1 is 1.07 bits per heavy atom. The summed E-state index contributed by atoms with van der Waals surface area (Å²) in [6, 6.07) is 7.29. The van der Waals surface area contributed by atoms with Crippen molar-refractivity contribution in [2.24, 2.45) is 0 Å². The number of nitrogens with one attached hydrogen (secondary N) is 1. The number of imidazole rings is 1. The first-order chi connectivity index (χ1) is 13.8. The minimum Gasteiger partial charge on any atom is -0.381 e.